The van der Waals surface area contributed by atoms with Crippen LogP contribution in [-0.2, 0) is 21.4 Å². The van der Waals surface area contributed by atoms with Crippen LogP contribution in [0.1, 0.15) is 18.4 Å². The van der Waals surface area contributed by atoms with Crippen LogP contribution in [0.4, 0.5) is 5.69 Å². The number of ether oxygens (including phenoxy) is 1. The fourth-order valence-electron chi connectivity index (χ4n) is 2.85. The molecule has 1 fully saturated rings. The maximum atomic E-state index is 12.7. The summed E-state index contributed by atoms with van der Waals surface area (Å²) in [5.74, 6) is 0.423. The van der Waals surface area contributed by atoms with Gasteiger partial charge >= 0.3 is 0 Å². The van der Waals surface area contributed by atoms with Gasteiger partial charge in [-0.2, -0.15) is 0 Å². The van der Waals surface area contributed by atoms with E-state index in [9.17, 15) is 13.2 Å². The van der Waals surface area contributed by atoms with Crippen LogP contribution in [0.5, 0.6) is 5.75 Å². The normalized spacial score (nSPS) is 14.7. The second-order valence-corrected chi connectivity index (χ2v) is 8.07. The third kappa shape index (κ3) is 3.85. The lowest BCUT2D eigenvalue weighted by Crippen LogP contribution is -2.26. The summed E-state index contributed by atoms with van der Waals surface area (Å²) in [4.78, 5) is 13.7. The van der Waals surface area contributed by atoms with Crippen LogP contribution in [0, 0.1) is 0 Å². The fraction of sp³-hybridized carbons (Fsp3) is 0.278. The van der Waals surface area contributed by atoms with E-state index in [0.717, 1.165) is 6.42 Å². The van der Waals surface area contributed by atoms with Crippen molar-refractivity contribution in [3.8, 4) is 5.75 Å². The van der Waals surface area contributed by atoms with Gasteiger partial charge in [0.1, 0.15) is 5.75 Å². The minimum atomic E-state index is -3.77. The third-order valence-electron chi connectivity index (χ3n) is 4.24. The number of amides is 1. The van der Waals surface area contributed by atoms with E-state index in [-0.39, 0.29) is 17.3 Å². The van der Waals surface area contributed by atoms with Crippen molar-refractivity contribution < 1.29 is 17.9 Å². The number of methoxy groups -OCH3 is 1. The molecule has 1 aliphatic rings. The summed E-state index contributed by atoms with van der Waals surface area (Å²) in [5.41, 5.74) is 1.15. The number of nitrogens with one attached hydrogen (secondary N) is 1. The van der Waals surface area contributed by atoms with E-state index in [1.54, 1.807) is 35.2 Å². The number of carbonyl (C=O) groups is 1. The van der Waals surface area contributed by atoms with Crippen molar-refractivity contribution in [3.05, 3.63) is 53.1 Å². The topological polar surface area (TPSA) is 75.7 Å². The van der Waals surface area contributed by atoms with Crippen molar-refractivity contribution in [1.82, 2.24) is 4.72 Å². The Morgan fingerprint density at radius 1 is 1.23 bits per heavy atom. The number of sulfonamides is 1. The minimum Gasteiger partial charge on any atom is -0.495 e. The van der Waals surface area contributed by atoms with Gasteiger partial charge in [0.2, 0.25) is 15.9 Å². The maximum Gasteiger partial charge on any atom is 0.240 e. The molecule has 8 heteroatoms. The molecule has 0 spiro atoms. The van der Waals surface area contributed by atoms with Crippen LogP contribution in [0.2, 0.25) is 5.02 Å². The molecule has 0 aliphatic carbocycles. The lowest BCUT2D eigenvalue weighted by atomic mass is 10.2. The zero-order valence-corrected chi connectivity index (χ0v) is 15.8. The molecule has 1 heterocycles. The lowest BCUT2D eigenvalue weighted by Gasteiger charge is -2.20. The summed E-state index contributed by atoms with van der Waals surface area (Å²) in [6.45, 7) is 0.623. The van der Waals surface area contributed by atoms with Gasteiger partial charge in [0, 0.05) is 24.5 Å². The number of nitrogens with zero attached hydrogens (tertiary/aromatic N) is 1. The second-order valence-electron chi connectivity index (χ2n) is 5.90. The summed E-state index contributed by atoms with van der Waals surface area (Å²) in [5, 5.41) is 0.494. The SMILES string of the molecule is COc1ccc(S(=O)(=O)NCc2ccccc2Cl)cc1N1CCCC1=O. The van der Waals surface area contributed by atoms with Gasteiger partial charge in [0.25, 0.3) is 0 Å². The first-order valence-electron chi connectivity index (χ1n) is 8.14. The largest absolute Gasteiger partial charge is 0.495 e. The van der Waals surface area contributed by atoms with Crippen molar-refractivity contribution >= 4 is 33.2 Å². The summed E-state index contributed by atoms with van der Waals surface area (Å²) in [6.07, 6.45) is 1.19. The average molecular weight is 395 g/mol. The Morgan fingerprint density at radius 3 is 2.65 bits per heavy atom. The molecular formula is C18H19ClN2O4S. The van der Waals surface area contributed by atoms with E-state index in [1.807, 2.05) is 0 Å². The molecule has 1 N–H and O–H groups in total. The van der Waals surface area contributed by atoms with Gasteiger partial charge in [0.15, 0.2) is 0 Å². The van der Waals surface area contributed by atoms with Crippen molar-refractivity contribution in [2.75, 3.05) is 18.6 Å². The Labute approximate surface area is 157 Å². The molecule has 26 heavy (non-hydrogen) atoms. The maximum absolute atomic E-state index is 12.7. The number of hydrogen-bond donors (Lipinski definition) is 1. The summed E-state index contributed by atoms with van der Waals surface area (Å²) >= 11 is 6.07. The number of rotatable bonds is 6. The molecule has 138 valence electrons. The van der Waals surface area contributed by atoms with Crippen molar-refractivity contribution in [3.63, 3.8) is 0 Å². The zero-order valence-electron chi connectivity index (χ0n) is 14.2. The fourth-order valence-corrected chi connectivity index (χ4v) is 4.08. The highest BCUT2D eigenvalue weighted by Crippen LogP contribution is 2.33. The van der Waals surface area contributed by atoms with E-state index in [4.69, 9.17) is 16.3 Å². The molecule has 0 unspecified atom stereocenters. The summed E-state index contributed by atoms with van der Waals surface area (Å²) < 4.78 is 33.2. The second kappa shape index (κ2) is 7.65. The van der Waals surface area contributed by atoms with Gasteiger partial charge in [-0.25, -0.2) is 13.1 Å². The molecule has 2 aromatic rings. The predicted octanol–water partition coefficient (Wildman–Crippen LogP) is 2.95. The molecule has 2 aromatic carbocycles. The molecule has 3 rings (SSSR count). The number of hydrogen-bond acceptors (Lipinski definition) is 4. The summed E-state index contributed by atoms with van der Waals surface area (Å²) in [6, 6.07) is 11.5. The van der Waals surface area contributed by atoms with E-state index >= 15 is 0 Å². The van der Waals surface area contributed by atoms with Gasteiger partial charge in [0.05, 0.1) is 17.7 Å². The van der Waals surface area contributed by atoms with Gasteiger partial charge in [-0.1, -0.05) is 29.8 Å². The number of benzene rings is 2. The minimum absolute atomic E-state index is 0.0399. The quantitative estimate of drug-likeness (QED) is 0.817. The van der Waals surface area contributed by atoms with Crippen LogP contribution in [-0.4, -0.2) is 28.0 Å². The summed E-state index contributed by atoms with van der Waals surface area (Å²) in [7, 11) is -2.28. The average Bonchev–Trinajstić information content (AvgIpc) is 3.06. The highest BCUT2D eigenvalue weighted by atomic mass is 35.5. The van der Waals surface area contributed by atoms with E-state index in [0.29, 0.717) is 35.0 Å². The third-order valence-corrected chi connectivity index (χ3v) is 6.00. The monoisotopic (exact) mass is 394 g/mol. The first-order valence-corrected chi connectivity index (χ1v) is 10.00. The molecule has 1 amide bonds. The van der Waals surface area contributed by atoms with Crippen LogP contribution >= 0.6 is 11.6 Å². The Morgan fingerprint density at radius 2 is 2.00 bits per heavy atom. The van der Waals surface area contributed by atoms with Gasteiger partial charge < -0.3 is 9.64 Å². The van der Waals surface area contributed by atoms with E-state index < -0.39 is 10.0 Å². The zero-order chi connectivity index (χ0) is 18.7. The molecule has 0 aromatic heterocycles. The van der Waals surface area contributed by atoms with E-state index in [1.165, 1.54) is 19.2 Å². The molecule has 0 saturated carbocycles. The smallest absolute Gasteiger partial charge is 0.240 e. The first kappa shape index (κ1) is 18.7. The van der Waals surface area contributed by atoms with Gasteiger partial charge in [-0.15, -0.1) is 0 Å². The molecule has 1 saturated heterocycles. The van der Waals surface area contributed by atoms with Crippen molar-refractivity contribution in [2.45, 2.75) is 24.3 Å². The number of carbonyl (C=O) groups excluding carboxylic acids is 1. The molecule has 0 radical (unpaired) electrons. The van der Waals surface area contributed by atoms with Crippen LogP contribution in [0.15, 0.2) is 47.4 Å². The molecule has 1 aliphatic heterocycles. The van der Waals surface area contributed by atoms with E-state index in [2.05, 4.69) is 4.72 Å². The van der Waals surface area contributed by atoms with Gasteiger partial charge in [-0.05, 0) is 36.2 Å². The van der Waals surface area contributed by atoms with Crippen LogP contribution in [0.25, 0.3) is 0 Å². The Balaban J connectivity index is 1.87. The lowest BCUT2D eigenvalue weighted by molar-refractivity contribution is -0.117. The molecule has 0 bridgehead atoms. The standard InChI is InChI=1S/C18H19ClN2O4S/c1-25-17-9-8-14(11-16(17)21-10-4-7-18(21)22)26(23,24)20-12-13-5-2-3-6-15(13)19/h2-3,5-6,8-9,11,20H,4,7,10,12H2,1H3. The number of anilines is 1. The Kier molecular flexibility index (Phi) is 5.50. The highest BCUT2D eigenvalue weighted by molar-refractivity contribution is 7.89. The van der Waals surface area contributed by atoms with Crippen molar-refractivity contribution in [2.24, 2.45) is 0 Å². The highest BCUT2D eigenvalue weighted by Gasteiger charge is 2.26. The van der Waals surface area contributed by atoms with Crippen LogP contribution in [0.3, 0.4) is 0 Å². The molecule has 6 nitrogen and oxygen atoms in total. The number of halogens is 1. The van der Waals surface area contributed by atoms with Crippen molar-refractivity contribution in [1.29, 1.82) is 0 Å². The molecular weight excluding hydrogens is 376 g/mol. The van der Waals surface area contributed by atoms with Gasteiger partial charge in [-0.3, -0.25) is 4.79 Å². The Bertz CT molecular complexity index is 931. The van der Waals surface area contributed by atoms with Crippen LogP contribution < -0.4 is 14.4 Å². The first-order chi connectivity index (χ1) is 12.4. The predicted molar refractivity (Wildman–Crippen MR) is 100 cm³/mol. The molecule has 0 atom stereocenters. The Hall–Kier alpha value is -2.09.